The molecule has 0 aliphatic rings. The third-order valence-corrected chi connectivity index (χ3v) is 9.59. The summed E-state index contributed by atoms with van der Waals surface area (Å²) in [6.07, 6.45) is 0. The van der Waals surface area contributed by atoms with Gasteiger partial charge >= 0.3 is 129 Å². The quantitative estimate of drug-likeness (QED) is 0.778. The molecule has 0 radical (unpaired) electrons. The van der Waals surface area contributed by atoms with Crippen molar-refractivity contribution in [3.05, 3.63) is 59.2 Å². The van der Waals surface area contributed by atoms with E-state index in [-0.39, 0.29) is 5.41 Å². The molecule has 0 bridgehead atoms. The molecule has 0 N–H and O–H groups in total. The van der Waals surface area contributed by atoms with Gasteiger partial charge in [0.15, 0.2) is 0 Å². The first-order valence-corrected chi connectivity index (χ1v) is 11.1. The predicted molar refractivity (Wildman–Crippen MR) is 87.5 cm³/mol. The Morgan fingerprint density at radius 3 is 2.00 bits per heavy atom. The molecule has 0 fully saturated rings. The Hall–Kier alpha value is -0.690. The van der Waals surface area contributed by atoms with Gasteiger partial charge in [0.1, 0.15) is 0 Å². The summed E-state index contributed by atoms with van der Waals surface area (Å²) < 4.78 is 3.23. The number of hydrogen-bond donors (Lipinski definition) is 0. The number of hydrogen-bond acceptors (Lipinski definition) is 0. The van der Waals surface area contributed by atoms with E-state index in [9.17, 15) is 0 Å². The van der Waals surface area contributed by atoms with Gasteiger partial charge in [-0.15, -0.1) is 0 Å². The molecule has 0 nitrogen and oxygen atoms in total. The van der Waals surface area contributed by atoms with E-state index in [0.717, 1.165) is 0 Å². The molecule has 0 aliphatic heterocycles. The molecule has 19 heavy (non-hydrogen) atoms. The van der Waals surface area contributed by atoms with E-state index < -0.39 is 22.9 Å². The molecular formula is C18H23In. The molecule has 0 saturated carbocycles. The van der Waals surface area contributed by atoms with Crippen LogP contribution in [-0.2, 0) is 5.41 Å². The zero-order valence-corrected chi connectivity index (χ0v) is 16.8. The van der Waals surface area contributed by atoms with Gasteiger partial charge in [-0.1, -0.05) is 0 Å². The van der Waals surface area contributed by atoms with Gasteiger partial charge in [0.05, 0.1) is 0 Å². The van der Waals surface area contributed by atoms with Gasteiger partial charge in [0.2, 0.25) is 0 Å². The van der Waals surface area contributed by atoms with Gasteiger partial charge in [-0.25, -0.2) is 0 Å². The van der Waals surface area contributed by atoms with Crippen molar-refractivity contribution in [1.82, 2.24) is 0 Å². The van der Waals surface area contributed by atoms with Crippen molar-refractivity contribution in [2.75, 3.05) is 0 Å². The van der Waals surface area contributed by atoms with E-state index in [1.807, 2.05) is 0 Å². The van der Waals surface area contributed by atoms with Crippen LogP contribution in [0.1, 0.15) is 37.5 Å². The molecule has 0 saturated heterocycles. The monoisotopic (exact) mass is 354 g/mol. The van der Waals surface area contributed by atoms with Crippen molar-refractivity contribution in [2.45, 2.75) is 40.0 Å². The zero-order chi connectivity index (χ0) is 14.0. The zero-order valence-electron chi connectivity index (χ0n) is 12.7. The second kappa shape index (κ2) is 5.75. The first-order valence-electron chi connectivity index (χ1n) is 7.02. The molecule has 2 aromatic carbocycles. The van der Waals surface area contributed by atoms with Crippen LogP contribution < -0.4 is 6.64 Å². The average molecular weight is 354 g/mol. The average Bonchev–Trinajstić information content (AvgIpc) is 2.33. The molecular weight excluding hydrogens is 331 g/mol. The fourth-order valence-corrected chi connectivity index (χ4v) is 6.65. The Labute approximate surface area is 128 Å². The van der Waals surface area contributed by atoms with Crippen molar-refractivity contribution < 1.29 is 0 Å². The molecule has 2 rings (SSSR count). The van der Waals surface area contributed by atoms with Crippen molar-refractivity contribution in [3.8, 4) is 0 Å². The van der Waals surface area contributed by atoms with Crippen molar-refractivity contribution >= 4 is 29.5 Å². The van der Waals surface area contributed by atoms with Crippen LogP contribution in [0.15, 0.2) is 42.5 Å². The van der Waals surface area contributed by atoms with Crippen LogP contribution in [0.3, 0.4) is 0 Å². The molecule has 1 heteroatoms. The Bertz CT molecular complexity index is 559. The Kier molecular flexibility index (Phi) is 4.45. The standard InChI is InChI=1S/C11H15.C7H7.In.H/c1-9-6-5-7-10(8-9)11(2,3)4;1-7-5-3-2-4-6-7;;/h5,7-8H,1-4H3;3-6H,1H3;;. The third-order valence-electron chi connectivity index (χ3n) is 3.72. The second-order valence-corrected chi connectivity index (χ2v) is 12.1. The topological polar surface area (TPSA) is 0 Å². The van der Waals surface area contributed by atoms with Crippen molar-refractivity contribution in [3.63, 3.8) is 0 Å². The maximum absolute atomic E-state index is 2.39. The second-order valence-electron chi connectivity index (χ2n) is 6.55. The summed E-state index contributed by atoms with van der Waals surface area (Å²) >= 11 is -1.04. The first-order chi connectivity index (χ1) is 8.86. The fourth-order valence-electron chi connectivity index (χ4n) is 2.29. The minimum absolute atomic E-state index is 0.253. The van der Waals surface area contributed by atoms with Crippen LogP contribution in [0.25, 0.3) is 0 Å². The van der Waals surface area contributed by atoms with Gasteiger partial charge in [0.25, 0.3) is 0 Å². The minimum atomic E-state index is -1.04. The van der Waals surface area contributed by atoms with Gasteiger partial charge < -0.3 is 0 Å². The van der Waals surface area contributed by atoms with Crippen molar-refractivity contribution in [1.29, 1.82) is 0 Å². The summed E-state index contributed by atoms with van der Waals surface area (Å²) in [5.41, 5.74) is 4.55. The van der Waals surface area contributed by atoms with Gasteiger partial charge in [-0.05, 0) is 0 Å². The summed E-state index contributed by atoms with van der Waals surface area (Å²) in [4.78, 5) is 0. The van der Waals surface area contributed by atoms with Crippen molar-refractivity contribution in [2.24, 2.45) is 0 Å². The summed E-state index contributed by atoms with van der Waals surface area (Å²) in [7, 11) is 0. The summed E-state index contributed by atoms with van der Waals surface area (Å²) in [6.45, 7) is 11.3. The summed E-state index contributed by atoms with van der Waals surface area (Å²) in [6, 6.07) is 16.2. The Balaban J connectivity index is 2.24. The number of benzene rings is 2. The molecule has 2 aromatic rings. The van der Waals surface area contributed by atoms with Crippen LogP contribution in [0, 0.1) is 13.8 Å². The molecule has 0 unspecified atom stereocenters. The van der Waals surface area contributed by atoms with Crippen LogP contribution in [0.2, 0.25) is 0 Å². The van der Waals surface area contributed by atoms with Gasteiger partial charge in [-0.2, -0.15) is 0 Å². The predicted octanol–water partition coefficient (Wildman–Crippen LogP) is 2.99. The Morgan fingerprint density at radius 2 is 1.47 bits per heavy atom. The fraction of sp³-hybridized carbons (Fsp3) is 0.333. The van der Waals surface area contributed by atoms with E-state index in [4.69, 9.17) is 0 Å². The summed E-state index contributed by atoms with van der Waals surface area (Å²) in [5.74, 6) is 0. The van der Waals surface area contributed by atoms with E-state index in [1.165, 1.54) is 16.7 Å². The van der Waals surface area contributed by atoms with Crippen LogP contribution in [0.4, 0.5) is 0 Å². The third kappa shape index (κ3) is 3.89. The molecule has 0 spiro atoms. The van der Waals surface area contributed by atoms with Gasteiger partial charge in [-0.3, -0.25) is 0 Å². The van der Waals surface area contributed by atoms with E-state index in [2.05, 4.69) is 77.1 Å². The molecule has 0 aliphatic carbocycles. The summed E-state index contributed by atoms with van der Waals surface area (Å²) in [5, 5.41) is 0. The molecule has 0 amide bonds. The van der Waals surface area contributed by atoms with Crippen LogP contribution >= 0.6 is 0 Å². The van der Waals surface area contributed by atoms with E-state index >= 15 is 0 Å². The first kappa shape index (κ1) is 14.7. The Morgan fingerprint density at radius 1 is 0.842 bits per heavy atom. The SMILES string of the molecule is Cc1cc[c]([InH][c]2ccc(C(C)(C)C)cc2C)cc1. The van der Waals surface area contributed by atoms with E-state index in [0.29, 0.717) is 0 Å². The maximum atomic E-state index is 2.39. The van der Waals surface area contributed by atoms with Crippen LogP contribution in [0.5, 0.6) is 0 Å². The number of rotatable bonds is 2. The van der Waals surface area contributed by atoms with Gasteiger partial charge in [0, 0.05) is 0 Å². The normalized spacial score (nSPS) is 11.4. The van der Waals surface area contributed by atoms with Crippen LogP contribution in [-0.4, -0.2) is 22.9 Å². The number of aryl methyl sites for hydroxylation is 2. The molecule has 0 heterocycles. The molecule has 0 aromatic heterocycles. The molecule has 98 valence electrons. The molecule has 0 atom stereocenters. The van der Waals surface area contributed by atoms with E-state index in [1.54, 1.807) is 6.64 Å².